The van der Waals surface area contributed by atoms with Gasteiger partial charge in [0.05, 0.1) is 24.7 Å². The van der Waals surface area contributed by atoms with Crippen LogP contribution in [0.2, 0.25) is 0 Å². The first-order chi connectivity index (χ1) is 11.8. The van der Waals surface area contributed by atoms with Gasteiger partial charge < -0.3 is 10.1 Å². The summed E-state index contributed by atoms with van der Waals surface area (Å²) in [6.07, 6.45) is 0.485. The van der Waals surface area contributed by atoms with Crippen molar-refractivity contribution in [3.05, 3.63) is 24.0 Å². The van der Waals surface area contributed by atoms with Gasteiger partial charge in [-0.2, -0.15) is 0 Å². The van der Waals surface area contributed by atoms with Crippen LogP contribution in [-0.2, 0) is 16.6 Å². The minimum atomic E-state index is -2.75. The number of ether oxygens (including phenoxy) is 1. The van der Waals surface area contributed by atoms with E-state index >= 15 is 0 Å². The van der Waals surface area contributed by atoms with Crippen LogP contribution in [0.15, 0.2) is 18.3 Å². The molecular formula is C15H15F2N5O3. The Kier molecular flexibility index (Phi) is 4.19. The molecule has 0 radical (unpaired) electrons. The average Bonchev–Trinajstić information content (AvgIpc) is 2.94. The maximum atomic E-state index is 12.8. The predicted octanol–water partition coefficient (Wildman–Crippen LogP) is 1.65. The highest BCUT2D eigenvalue weighted by atomic mass is 19.3. The van der Waals surface area contributed by atoms with Crippen molar-refractivity contribution in [2.24, 2.45) is 13.0 Å². The number of hydrogen-bond acceptors (Lipinski definition) is 6. The van der Waals surface area contributed by atoms with Gasteiger partial charge >= 0.3 is 5.97 Å². The fourth-order valence-electron chi connectivity index (χ4n) is 2.55. The van der Waals surface area contributed by atoms with Gasteiger partial charge in [-0.25, -0.2) is 18.3 Å². The van der Waals surface area contributed by atoms with E-state index in [-0.39, 0.29) is 11.4 Å². The number of pyridine rings is 1. The molecule has 2 heterocycles. The number of esters is 1. The van der Waals surface area contributed by atoms with Crippen molar-refractivity contribution >= 4 is 17.6 Å². The number of nitrogens with zero attached hydrogens (tertiary/aromatic N) is 4. The lowest BCUT2D eigenvalue weighted by Gasteiger charge is -2.33. The third kappa shape index (κ3) is 3.32. The monoisotopic (exact) mass is 351 g/mol. The van der Waals surface area contributed by atoms with Crippen molar-refractivity contribution < 1.29 is 23.1 Å². The Morgan fingerprint density at radius 3 is 2.64 bits per heavy atom. The first-order valence-electron chi connectivity index (χ1n) is 7.44. The zero-order valence-electron chi connectivity index (χ0n) is 13.5. The molecule has 0 unspecified atom stereocenters. The normalized spacial score (nSPS) is 16.2. The van der Waals surface area contributed by atoms with E-state index in [1.807, 2.05) is 0 Å². The van der Waals surface area contributed by atoms with E-state index in [4.69, 9.17) is 4.74 Å². The minimum absolute atomic E-state index is 0.142. The smallest absolute Gasteiger partial charge is 0.358 e. The Labute approximate surface area is 141 Å². The largest absolute Gasteiger partial charge is 0.464 e. The van der Waals surface area contributed by atoms with Crippen LogP contribution in [0.25, 0.3) is 11.4 Å². The molecule has 0 spiro atoms. The maximum absolute atomic E-state index is 12.8. The SMILES string of the molecule is COC(=O)c1c(-c2ccc(NC(=O)C3CC(F)(F)C3)cn2)nnn1C. The summed E-state index contributed by atoms with van der Waals surface area (Å²) >= 11 is 0. The van der Waals surface area contributed by atoms with E-state index in [0.29, 0.717) is 11.4 Å². The molecule has 1 fully saturated rings. The highest BCUT2D eigenvalue weighted by Crippen LogP contribution is 2.42. The van der Waals surface area contributed by atoms with Gasteiger partial charge in [0, 0.05) is 25.8 Å². The molecule has 2 aromatic rings. The number of methoxy groups -OCH3 is 1. The average molecular weight is 351 g/mol. The second-order valence-electron chi connectivity index (χ2n) is 5.78. The Bertz CT molecular complexity index is 811. The number of alkyl halides is 2. The van der Waals surface area contributed by atoms with Crippen LogP contribution in [0, 0.1) is 5.92 Å². The van der Waals surface area contributed by atoms with Crippen molar-refractivity contribution in [3.63, 3.8) is 0 Å². The molecular weight excluding hydrogens is 336 g/mol. The van der Waals surface area contributed by atoms with Crippen LogP contribution in [0.3, 0.4) is 0 Å². The van der Waals surface area contributed by atoms with Gasteiger partial charge in [0.2, 0.25) is 11.8 Å². The van der Waals surface area contributed by atoms with E-state index in [9.17, 15) is 18.4 Å². The third-order valence-electron chi connectivity index (χ3n) is 3.94. The van der Waals surface area contributed by atoms with Crippen LogP contribution in [0.5, 0.6) is 0 Å². The summed E-state index contributed by atoms with van der Waals surface area (Å²) in [5.74, 6) is -4.51. The number of amides is 1. The number of nitrogens with one attached hydrogen (secondary N) is 1. The van der Waals surface area contributed by atoms with E-state index in [2.05, 4.69) is 20.6 Å². The van der Waals surface area contributed by atoms with Crippen LogP contribution in [-0.4, -0.2) is 44.9 Å². The third-order valence-corrected chi connectivity index (χ3v) is 3.94. The fourth-order valence-corrected chi connectivity index (χ4v) is 2.55. The van der Waals surface area contributed by atoms with Crippen molar-refractivity contribution in [2.75, 3.05) is 12.4 Å². The molecule has 8 nitrogen and oxygen atoms in total. The lowest BCUT2D eigenvalue weighted by Crippen LogP contribution is -2.42. The lowest BCUT2D eigenvalue weighted by molar-refractivity contribution is -0.145. The van der Waals surface area contributed by atoms with Crippen LogP contribution in [0.1, 0.15) is 23.3 Å². The highest BCUT2D eigenvalue weighted by Gasteiger charge is 2.48. The Morgan fingerprint density at radius 2 is 2.08 bits per heavy atom. The number of carbonyl (C=O) groups is 2. The maximum Gasteiger partial charge on any atom is 0.358 e. The molecule has 3 rings (SSSR count). The molecule has 10 heteroatoms. The summed E-state index contributed by atoms with van der Waals surface area (Å²) in [5.41, 5.74) is 1.11. The van der Waals surface area contributed by atoms with Gasteiger partial charge in [-0.05, 0) is 12.1 Å². The number of aromatic nitrogens is 4. The Balaban J connectivity index is 1.73. The van der Waals surface area contributed by atoms with Gasteiger partial charge in [-0.15, -0.1) is 5.10 Å². The summed E-state index contributed by atoms with van der Waals surface area (Å²) in [5, 5.41) is 10.2. The number of carbonyl (C=O) groups excluding carboxylic acids is 2. The van der Waals surface area contributed by atoms with Gasteiger partial charge in [-0.3, -0.25) is 9.78 Å². The number of anilines is 1. The Morgan fingerprint density at radius 1 is 1.36 bits per heavy atom. The lowest BCUT2D eigenvalue weighted by atomic mass is 9.81. The van der Waals surface area contributed by atoms with Gasteiger partial charge in [0.1, 0.15) is 5.69 Å². The molecule has 0 aromatic carbocycles. The minimum Gasteiger partial charge on any atom is -0.464 e. The van der Waals surface area contributed by atoms with Crippen molar-refractivity contribution in [2.45, 2.75) is 18.8 Å². The number of aryl methyl sites for hydroxylation is 1. The van der Waals surface area contributed by atoms with E-state index in [0.717, 1.165) is 0 Å². The van der Waals surface area contributed by atoms with Crippen LogP contribution in [0.4, 0.5) is 14.5 Å². The first kappa shape index (κ1) is 16.9. The molecule has 1 saturated carbocycles. The van der Waals surface area contributed by atoms with E-state index < -0.39 is 36.6 Å². The van der Waals surface area contributed by atoms with Gasteiger partial charge in [-0.1, -0.05) is 5.21 Å². The molecule has 25 heavy (non-hydrogen) atoms. The quantitative estimate of drug-likeness (QED) is 0.841. The predicted molar refractivity (Wildman–Crippen MR) is 81.9 cm³/mol. The van der Waals surface area contributed by atoms with Gasteiger partial charge in [0.25, 0.3) is 0 Å². The number of hydrogen-bond donors (Lipinski definition) is 1. The summed E-state index contributed by atoms with van der Waals surface area (Å²) in [4.78, 5) is 27.8. The molecule has 1 aliphatic rings. The molecule has 0 saturated heterocycles. The van der Waals surface area contributed by atoms with Crippen LogP contribution < -0.4 is 5.32 Å². The molecule has 132 valence electrons. The summed E-state index contributed by atoms with van der Waals surface area (Å²) in [6.45, 7) is 0. The van der Waals surface area contributed by atoms with E-state index in [1.54, 1.807) is 19.2 Å². The molecule has 1 N–H and O–H groups in total. The molecule has 1 aliphatic carbocycles. The molecule has 0 atom stereocenters. The van der Waals surface area contributed by atoms with E-state index in [1.165, 1.54) is 18.0 Å². The molecule has 1 amide bonds. The zero-order chi connectivity index (χ0) is 18.2. The summed E-state index contributed by atoms with van der Waals surface area (Å²) in [7, 11) is 2.79. The van der Waals surface area contributed by atoms with Crippen molar-refractivity contribution in [1.82, 2.24) is 20.0 Å². The molecule has 2 aromatic heterocycles. The second-order valence-corrected chi connectivity index (χ2v) is 5.78. The first-order valence-corrected chi connectivity index (χ1v) is 7.44. The Hall–Kier alpha value is -2.91. The summed E-state index contributed by atoms with van der Waals surface area (Å²) < 4.78 is 31.6. The van der Waals surface area contributed by atoms with Gasteiger partial charge in [0.15, 0.2) is 5.69 Å². The highest BCUT2D eigenvalue weighted by molar-refractivity contribution is 5.94. The number of halogens is 2. The van der Waals surface area contributed by atoms with Crippen LogP contribution >= 0.6 is 0 Å². The van der Waals surface area contributed by atoms with Crippen molar-refractivity contribution in [3.8, 4) is 11.4 Å². The van der Waals surface area contributed by atoms with Crippen molar-refractivity contribution in [1.29, 1.82) is 0 Å². The topological polar surface area (TPSA) is 99.0 Å². The fraction of sp³-hybridized carbons (Fsp3) is 0.400. The number of rotatable bonds is 4. The molecule has 0 aliphatic heterocycles. The standard InChI is InChI=1S/C15H15F2N5O3/c1-22-12(14(24)25-2)11(20-21-22)10-4-3-9(7-18-10)19-13(23)8-5-15(16,17)6-8/h3-4,7-8H,5-6H2,1-2H3,(H,19,23). The molecule has 0 bridgehead atoms. The second kappa shape index (κ2) is 6.19. The summed E-state index contributed by atoms with van der Waals surface area (Å²) in [6, 6.07) is 3.09. The zero-order valence-corrected chi connectivity index (χ0v) is 13.5.